The van der Waals surface area contributed by atoms with Crippen molar-refractivity contribution < 1.29 is 13.2 Å². The van der Waals surface area contributed by atoms with Gasteiger partial charge in [-0.25, -0.2) is 4.99 Å². The van der Waals surface area contributed by atoms with Crippen molar-refractivity contribution in [3.8, 4) is 0 Å². The molecule has 0 saturated carbocycles. The fraction of sp³-hybridized carbons (Fsp3) is 0.333. The number of guanidine groups is 2. The van der Waals surface area contributed by atoms with Crippen LogP contribution in [0.4, 0.5) is 13.2 Å². The molecule has 0 unspecified atom stereocenters. The van der Waals surface area contributed by atoms with Crippen LogP contribution < -0.4 is 11.5 Å². The van der Waals surface area contributed by atoms with Gasteiger partial charge in [0.2, 0.25) is 5.96 Å². The molecule has 0 fully saturated rings. The van der Waals surface area contributed by atoms with Gasteiger partial charge in [-0.1, -0.05) is 29.3 Å². The first-order chi connectivity index (χ1) is 11.2. The van der Waals surface area contributed by atoms with Crippen molar-refractivity contribution in [2.45, 2.75) is 19.6 Å². The number of alkyl halides is 3. The van der Waals surface area contributed by atoms with E-state index < -0.39 is 11.7 Å². The second kappa shape index (κ2) is 8.44. The zero-order valence-electron chi connectivity index (χ0n) is 13.3. The Morgan fingerprint density at radius 2 is 2.00 bits per heavy atom. The van der Waals surface area contributed by atoms with E-state index in [1.165, 1.54) is 17.7 Å². The summed E-state index contributed by atoms with van der Waals surface area (Å²) >= 11 is 5.57. The van der Waals surface area contributed by atoms with E-state index in [1.807, 2.05) is 17.9 Å². The Balaban J connectivity index is 0.00000312. The molecule has 5 nitrogen and oxygen atoms in total. The van der Waals surface area contributed by atoms with Crippen molar-refractivity contribution >= 4 is 35.9 Å². The third-order valence-corrected chi connectivity index (χ3v) is 3.74. The third kappa shape index (κ3) is 5.82. The van der Waals surface area contributed by atoms with E-state index >= 15 is 0 Å². The first-order valence-corrected chi connectivity index (χ1v) is 7.45. The second-order valence-electron chi connectivity index (χ2n) is 5.39. The smallest absolute Gasteiger partial charge is 0.369 e. The number of hydrogen-bond donors (Lipinski definition) is 2. The highest BCUT2D eigenvalue weighted by Crippen LogP contribution is 2.35. The van der Waals surface area contributed by atoms with Gasteiger partial charge >= 0.3 is 6.18 Å². The van der Waals surface area contributed by atoms with Crippen molar-refractivity contribution in [2.24, 2.45) is 21.5 Å². The number of benzene rings is 1. The fourth-order valence-electron chi connectivity index (χ4n) is 2.15. The van der Waals surface area contributed by atoms with Crippen LogP contribution >= 0.6 is 24.0 Å². The van der Waals surface area contributed by atoms with Gasteiger partial charge in [0.25, 0.3) is 0 Å². The topological polar surface area (TPSA) is 80.0 Å². The van der Waals surface area contributed by atoms with Gasteiger partial charge in [0.1, 0.15) is 0 Å². The molecule has 0 radical (unpaired) electrons. The number of rotatable bonds is 2. The third-order valence-electron chi connectivity index (χ3n) is 3.41. The summed E-state index contributed by atoms with van der Waals surface area (Å²) in [4.78, 5) is 9.72. The average Bonchev–Trinajstić information content (AvgIpc) is 2.92. The minimum absolute atomic E-state index is 0. The van der Waals surface area contributed by atoms with Gasteiger partial charge in [-0.05, 0) is 24.6 Å². The van der Waals surface area contributed by atoms with Crippen molar-refractivity contribution in [1.82, 2.24) is 4.90 Å². The predicted octanol–water partition coefficient (Wildman–Crippen LogP) is 3.17. The summed E-state index contributed by atoms with van der Waals surface area (Å²) in [6.07, 6.45) is -2.51. The molecule has 25 heavy (non-hydrogen) atoms. The van der Waals surface area contributed by atoms with Gasteiger partial charge in [0.05, 0.1) is 17.1 Å². The van der Waals surface area contributed by atoms with Gasteiger partial charge in [-0.2, -0.15) is 18.2 Å². The van der Waals surface area contributed by atoms with Crippen LogP contribution in [-0.2, 0) is 12.7 Å². The van der Waals surface area contributed by atoms with Gasteiger partial charge in [-0.3, -0.25) is 0 Å². The minimum Gasteiger partial charge on any atom is -0.369 e. The Bertz CT molecular complexity index is 714. The molecule has 0 amide bonds. The zero-order valence-corrected chi connectivity index (χ0v) is 14.9. The first-order valence-electron chi connectivity index (χ1n) is 7.07. The van der Waals surface area contributed by atoms with Crippen molar-refractivity contribution in [1.29, 1.82) is 0 Å². The van der Waals surface area contributed by atoms with Crippen LogP contribution in [0.1, 0.15) is 18.1 Å². The lowest BCUT2D eigenvalue weighted by atomic mass is 10.1. The summed E-state index contributed by atoms with van der Waals surface area (Å²) in [5, 5.41) is -0.359. The highest BCUT2D eigenvalue weighted by molar-refractivity contribution is 6.31. The molecule has 2 rings (SSSR count). The van der Waals surface area contributed by atoms with Crippen molar-refractivity contribution in [2.75, 3.05) is 13.1 Å². The standard InChI is InChI=1S/C15H17ClF3N5.ClH/c1-9-4-5-24(8-9)14(21)23-13(20)22-7-10-2-3-12(16)11(6-10)15(17,18)19;/h2-4,6H,5,7-8H2,1H3,(H4,20,21,22,23);1H. The molecule has 0 aromatic heterocycles. The summed E-state index contributed by atoms with van der Waals surface area (Å²) in [5.41, 5.74) is 12.1. The van der Waals surface area contributed by atoms with Gasteiger partial charge in [-0.15, -0.1) is 12.4 Å². The molecule has 0 atom stereocenters. The maximum absolute atomic E-state index is 12.8. The second-order valence-corrected chi connectivity index (χ2v) is 5.79. The molecule has 0 bridgehead atoms. The highest BCUT2D eigenvalue weighted by Gasteiger charge is 2.33. The van der Waals surface area contributed by atoms with E-state index in [9.17, 15) is 13.2 Å². The lowest BCUT2D eigenvalue weighted by Crippen LogP contribution is -2.37. The summed E-state index contributed by atoms with van der Waals surface area (Å²) in [7, 11) is 0. The Morgan fingerprint density at radius 1 is 1.32 bits per heavy atom. The zero-order chi connectivity index (χ0) is 17.9. The normalized spacial score (nSPS) is 15.9. The van der Waals surface area contributed by atoms with Crippen LogP contribution in [0, 0.1) is 0 Å². The van der Waals surface area contributed by atoms with Gasteiger partial charge in [0, 0.05) is 13.1 Å². The molecule has 0 aliphatic carbocycles. The van der Waals surface area contributed by atoms with Crippen LogP contribution in [0.15, 0.2) is 39.8 Å². The summed E-state index contributed by atoms with van der Waals surface area (Å²) in [6, 6.07) is 3.58. The number of hydrogen-bond acceptors (Lipinski definition) is 1. The van der Waals surface area contributed by atoms with E-state index in [-0.39, 0.29) is 35.9 Å². The molecule has 1 heterocycles. The first kappa shape index (κ1) is 21.1. The minimum atomic E-state index is -4.52. The SMILES string of the molecule is CC1=CCN(C(N)=NC(N)=NCc2ccc(Cl)c(C(F)(F)F)c2)C1.Cl. The molecule has 1 aliphatic heterocycles. The van der Waals surface area contributed by atoms with E-state index in [0.29, 0.717) is 18.7 Å². The van der Waals surface area contributed by atoms with Gasteiger partial charge in [0.15, 0.2) is 5.96 Å². The van der Waals surface area contributed by atoms with E-state index in [2.05, 4.69) is 9.98 Å². The molecule has 1 aromatic rings. The Labute approximate surface area is 154 Å². The van der Waals surface area contributed by atoms with Crippen LogP contribution in [0.2, 0.25) is 5.02 Å². The van der Waals surface area contributed by atoms with Crippen LogP contribution in [-0.4, -0.2) is 29.9 Å². The quantitative estimate of drug-likeness (QED) is 0.458. The number of nitrogens with zero attached hydrogens (tertiary/aromatic N) is 3. The molecule has 0 saturated heterocycles. The number of aliphatic imine (C=N–C) groups is 2. The summed E-state index contributed by atoms with van der Waals surface area (Å²) < 4.78 is 38.4. The molecule has 1 aromatic carbocycles. The highest BCUT2D eigenvalue weighted by atomic mass is 35.5. The number of nitrogens with two attached hydrogens (primary N) is 2. The number of halogens is 5. The lowest BCUT2D eigenvalue weighted by molar-refractivity contribution is -0.137. The van der Waals surface area contributed by atoms with E-state index in [0.717, 1.165) is 6.07 Å². The van der Waals surface area contributed by atoms with Crippen LogP contribution in [0.5, 0.6) is 0 Å². The molecule has 4 N–H and O–H groups in total. The average molecular weight is 396 g/mol. The molecule has 10 heteroatoms. The fourth-order valence-corrected chi connectivity index (χ4v) is 2.38. The van der Waals surface area contributed by atoms with E-state index in [4.69, 9.17) is 23.1 Å². The van der Waals surface area contributed by atoms with Crippen molar-refractivity contribution in [3.63, 3.8) is 0 Å². The maximum atomic E-state index is 12.8. The molecular formula is C15H18Cl2F3N5. The Kier molecular flexibility index (Phi) is 7.13. The molecular weight excluding hydrogens is 378 g/mol. The van der Waals surface area contributed by atoms with E-state index in [1.54, 1.807) is 0 Å². The molecule has 138 valence electrons. The Hall–Kier alpha value is -1.93. The van der Waals surface area contributed by atoms with Crippen molar-refractivity contribution in [3.05, 3.63) is 46.0 Å². The lowest BCUT2D eigenvalue weighted by Gasteiger charge is -2.16. The Morgan fingerprint density at radius 3 is 2.56 bits per heavy atom. The maximum Gasteiger partial charge on any atom is 0.417 e. The molecule has 1 aliphatic rings. The molecule has 0 spiro atoms. The summed E-state index contributed by atoms with van der Waals surface area (Å²) in [6.45, 7) is 3.22. The van der Waals surface area contributed by atoms with Gasteiger partial charge < -0.3 is 16.4 Å². The van der Waals surface area contributed by atoms with Crippen LogP contribution in [0.25, 0.3) is 0 Å². The largest absolute Gasteiger partial charge is 0.417 e. The predicted molar refractivity (Wildman–Crippen MR) is 96.0 cm³/mol. The monoisotopic (exact) mass is 395 g/mol. The van der Waals surface area contributed by atoms with Crippen LogP contribution in [0.3, 0.4) is 0 Å². The summed E-state index contributed by atoms with van der Waals surface area (Å²) in [5.74, 6) is 0.122.